The summed E-state index contributed by atoms with van der Waals surface area (Å²) in [5, 5.41) is 5.88. The summed E-state index contributed by atoms with van der Waals surface area (Å²) in [7, 11) is 0. The molecule has 1 atom stereocenters. The number of carbonyl (C=O) groups is 2. The van der Waals surface area contributed by atoms with Crippen LogP contribution in [-0.4, -0.2) is 41.6 Å². The van der Waals surface area contributed by atoms with Gasteiger partial charge in [0.25, 0.3) is 5.91 Å². The molecular formula is C15H20N4O2. The smallest absolute Gasteiger partial charge is 0.270 e. The molecule has 0 fully saturated rings. The molecule has 0 saturated carbocycles. The highest BCUT2D eigenvalue weighted by atomic mass is 16.2. The fourth-order valence-corrected chi connectivity index (χ4v) is 2.37. The highest BCUT2D eigenvalue weighted by Crippen LogP contribution is 2.24. The van der Waals surface area contributed by atoms with Gasteiger partial charge >= 0.3 is 0 Å². The molecule has 1 aliphatic heterocycles. The predicted molar refractivity (Wildman–Crippen MR) is 81.9 cm³/mol. The molecule has 2 N–H and O–H groups in total. The van der Waals surface area contributed by atoms with E-state index >= 15 is 0 Å². The van der Waals surface area contributed by atoms with Gasteiger partial charge in [-0.1, -0.05) is 18.2 Å². The first kappa shape index (κ1) is 15.0. The Morgan fingerprint density at radius 3 is 2.43 bits per heavy atom. The summed E-state index contributed by atoms with van der Waals surface area (Å²) in [6.45, 7) is 5.05. The molecule has 1 aromatic carbocycles. The molecule has 1 heterocycles. The van der Waals surface area contributed by atoms with Gasteiger partial charge in [-0.2, -0.15) is 5.10 Å². The largest absolute Gasteiger partial charge is 0.368 e. The number of nitrogens with zero attached hydrogens (tertiary/aromatic N) is 3. The Labute approximate surface area is 124 Å². The SMILES string of the molecule is CCN(CC)C(=O)C1=NN(c2ccccc2)C(C(N)=O)C1. The van der Waals surface area contributed by atoms with E-state index in [1.165, 1.54) is 0 Å². The van der Waals surface area contributed by atoms with Crippen molar-refractivity contribution in [1.29, 1.82) is 0 Å². The summed E-state index contributed by atoms with van der Waals surface area (Å²) in [6, 6.07) is 8.65. The number of nitrogens with two attached hydrogens (primary N) is 1. The van der Waals surface area contributed by atoms with Crippen LogP contribution in [0.1, 0.15) is 20.3 Å². The molecule has 6 nitrogen and oxygen atoms in total. The van der Waals surface area contributed by atoms with Crippen LogP contribution in [0, 0.1) is 0 Å². The van der Waals surface area contributed by atoms with Crippen molar-refractivity contribution in [1.82, 2.24) is 4.90 Å². The van der Waals surface area contributed by atoms with Crippen molar-refractivity contribution in [2.24, 2.45) is 10.8 Å². The standard InChI is InChI=1S/C15H20N4O2/c1-3-18(4-2)15(21)12-10-13(14(16)20)19(17-12)11-8-6-5-7-9-11/h5-9,13H,3-4,10H2,1-2H3,(H2,16,20). The lowest BCUT2D eigenvalue weighted by atomic mass is 10.1. The zero-order valence-corrected chi connectivity index (χ0v) is 12.3. The molecule has 2 rings (SSSR count). The molecule has 0 aromatic heterocycles. The van der Waals surface area contributed by atoms with Gasteiger partial charge in [0.1, 0.15) is 11.8 Å². The zero-order valence-electron chi connectivity index (χ0n) is 12.3. The van der Waals surface area contributed by atoms with Crippen molar-refractivity contribution in [3.8, 4) is 0 Å². The first-order chi connectivity index (χ1) is 10.1. The molecule has 1 aliphatic rings. The fraction of sp³-hybridized carbons (Fsp3) is 0.400. The first-order valence-corrected chi connectivity index (χ1v) is 7.08. The summed E-state index contributed by atoms with van der Waals surface area (Å²) in [6.07, 6.45) is 0.250. The predicted octanol–water partition coefficient (Wildman–Crippen LogP) is 0.975. The maximum Gasteiger partial charge on any atom is 0.270 e. The van der Waals surface area contributed by atoms with Crippen molar-refractivity contribution < 1.29 is 9.59 Å². The Kier molecular flexibility index (Phi) is 4.57. The van der Waals surface area contributed by atoms with E-state index in [-0.39, 0.29) is 12.3 Å². The lowest BCUT2D eigenvalue weighted by Gasteiger charge is -2.20. The fourth-order valence-electron chi connectivity index (χ4n) is 2.37. The lowest BCUT2D eigenvalue weighted by molar-refractivity contribution is -0.123. The van der Waals surface area contributed by atoms with Gasteiger partial charge in [-0.25, -0.2) is 0 Å². The van der Waals surface area contributed by atoms with Crippen molar-refractivity contribution >= 4 is 23.2 Å². The van der Waals surface area contributed by atoms with E-state index in [9.17, 15) is 9.59 Å². The minimum absolute atomic E-state index is 0.135. The molecule has 21 heavy (non-hydrogen) atoms. The van der Waals surface area contributed by atoms with Crippen LogP contribution < -0.4 is 10.7 Å². The van der Waals surface area contributed by atoms with Crippen LogP contribution in [0.4, 0.5) is 5.69 Å². The second-order valence-corrected chi connectivity index (χ2v) is 4.83. The van der Waals surface area contributed by atoms with Gasteiger partial charge in [0.05, 0.1) is 5.69 Å². The average Bonchev–Trinajstić information content (AvgIpc) is 2.94. The van der Waals surface area contributed by atoms with E-state index in [0.717, 1.165) is 5.69 Å². The number of rotatable bonds is 5. The number of amides is 2. The normalized spacial score (nSPS) is 17.5. The minimum atomic E-state index is -0.609. The monoisotopic (exact) mass is 288 g/mol. The van der Waals surface area contributed by atoms with E-state index in [2.05, 4.69) is 5.10 Å². The van der Waals surface area contributed by atoms with E-state index in [1.807, 2.05) is 44.2 Å². The molecular weight excluding hydrogens is 268 g/mol. The third-order valence-corrected chi connectivity index (χ3v) is 3.56. The Bertz CT molecular complexity index is 552. The molecule has 1 unspecified atom stereocenters. The third-order valence-electron chi connectivity index (χ3n) is 3.56. The van der Waals surface area contributed by atoms with Crippen LogP contribution in [0.2, 0.25) is 0 Å². The maximum atomic E-state index is 12.4. The molecule has 0 saturated heterocycles. The van der Waals surface area contributed by atoms with Gasteiger partial charge in [0.2, 0.25) is 5.91 Å². The molecule has 1 aromatic rings. The molecule has 2 amide bonds. The van der Waals surface area contributed by atoms with Gasteiger partial charge in [0, 0.05) is 19.5 Å². The number of para-hydroxylation sites is 1. The van der Waals surface area contributed by atoms with Crippen LogP contribution in [0.25, 0.3) is 0 Å². The van der Waals surface area contributed by atoms with Crippen LogP contribution in [0.5, 0.6) is 0 Å². The number of benzene rings is 1. The maximum absolute atomic E-state index is 12.4. The van der Waals surface area contributed by atoms with E-state index in [4.69, 9.17) is 5.73 Å². The van der Waals surface area contributed by atoms with Gasteiger partial charge < -0.3 is 10.6 Å². The van der Waals surface area contributed by atoms with E-state index in [0.29, 0.717) is 18.8 Å². The Hall–Kier alpha value is -2.37. The second kappa shape index (κ2) is 6.39. The van der Waals surface area contributed by atoms with E-state index < -0.39 is 11.9 Å². The van der Waals surface area contributed by atoms with Gasteiger partial charge in [-0.05, 0) is 26.0 Å². The number of primary amides is 1. The number of hydrogen-bond acceptors (Lipinski definition) is 4. The minimum Gasteiger partial charge on any atom is -0.368 e. The molecule has 112 valence electrons. The Morgan fingerprint density at radius 1 is 1.29 bits per heavy atom. The summed E-state index contributed by atoms with van der Waals surface area (Å²) >= 11 is 0. The van der Waals surface area contributed by atoms with Crippen LogP contribution in [0.15, 0.2) is 35.4 Å². The quantitative estimate of drug-likeness (QED) is 0.877. The Balaban J connectivity index is 2.29. The molecule has 0 aliphatic carbocycles. The molecule has 0 spiro atoms. The van der Waals surface area contributed by atoms with Crippen molar-refractivity contribution in [2.75, 3.05) is 18.1 Å². The summed E-state index contributed by atoms with van der Waals surface area (Å²) in [5.74, 6) is -0.616. The average molecular weight is 288 g/mol. The topological polar surface area (TPSA) is 79.0 Å². The highest BCUT2D eigenvalue weighted by Gasteiger charge is 2.35. The lowest BCUT2D eigenvalue weighted by Crippen LogP contribution is -2.40. The van der Waals surface area contributed by atoms with Gasteiger partial charge in [-0.15, -0.1) is 0 Å². The van der Waals surface area contributed by atoms with E-state index in [1.54, 1.807) is 9.91 Å². The number of anilines is 1. The van der Waals surface area contributed by atoms with Crippen LogP contribution in [-0.2, 0) is 9.59 Å². The second-order valence-electron chi connectivity index (χ2n) is 4.83. The summed E-state index contributed by atoms with van der Waals surface area (Å²) < 4.78 is 0. The van der Waals surface area contributed by atoms with Crippen molar-refractivity contribution in [3.05, 3.63) is 30.3 Å². The number of carbonyl (C=O) groups excluding carboxylic acids is 2. The zero-order chi connectivity index (χ0) is 15.4. The summed E-state index contributed by atoms with van der Waals surface area (Å²) in [4.78, 5) is 25.7. The number of hydrogen-bond donors (Lipinski definition) is 1. The van der Waals surface area contributed by atoms with Crippen LogP contribution >= 0.6 is 0 Å². The highest BCUT2D eigenvalue weighted by molar-refractivity contribution is 6.40. The van der Waals surface area contributed by atoms with Crippen LogP contribution in [0.3, 0.4) is 0 Å². The Morgan fingerprint density at radius 2 is 1.90 bits per heavy atom. The first-order valence-electron chi connectivity index (χ1n) is 7.08. The van der Waals surface area contributed by atoms with Gasteiger partial charge in [-0.3, -0.25) is 14.6 Å². The third kappa shape index (κ3) is 3.04. The summed E-state index contributed by atoms with van der Waals surface area (Å²) in [5.41, 5.74) is 6.58. The molecule has 0 radical (unpaired) electrons. The van der Waals surface area contributed by atoms with Crippen molar-refractivity contribution in [2.45, 2.75) is 26.3 Å². The van der Waals surface area contributed by atoms with Gasteiger partial charge in [0.15, 0.2) is 0 Å². The number of hydrazone groups is 1. The van der Waals surface area contributed by atoms with Crippen molar-refractivity contribution in [3.63, 3.8) is 0 Å². The molecule has 0 bridgehead atoms. The molecule has 6 heteroatoms.